The van der Waals surface area contributed by atoms with Crippen LogP contribution in [0.15, 0.2) is 109 Å². The molecule has 22 heteroatoms. The molecule has 3 aromatic rings. The molecule has 0 bridgehead atoms. The zero-order valence-corrected chi connectivity index (χ0v) is 48.4. The van der Waals surface area contributed by atoms with Gasteiger partial charge in [-0.3, -0.25) is 19.2 Å². The van der Waals surface area contributed by atoms with Crippen molar-refractivity contribution in [2.75, 3.05) is 33.4 Å². The number of nitrogens with zero attached hydrogens (tertiary/aromatic N) is 1. The summed E-state index contributed by atoms with van der Waals surface area (Å²) in [5.41, 5.74) is -0.250. The van der Waals surface area contributed by atoms with Crippen LogP contribution in [0.4, 0.5) is 39.5 Å². The van der Waals surface area contributed by atoms with Crippen molar-refractivity contribution in [1.82, 2.24) is 0 Å². The van der Waals surface area contributed by atoms with Gasteiger partial charge in [-0.1, -0.05) is 40.5 Å². The third-order valence-corrected chi connectivity index (χ3v) is 16.1. The van der Waals surface area contributed by atoms with Crippen molar-refractivity contribution < 1.29 is 96.6 Å². The van der Waals surface area contributed by atoms with E-state index < -0.39 is 118 Å². The van der Waals surface area contributed by atoms with Gasteiger partial charge in [0.15, 0.2) is 37.0 Å². The minimum Gasteiger partial charge on any atom is -0.469 e. The lowest BCUT2D eigenvalue weighted by Gasteiger charge is -2.41. The highest BCUT2D eigenvalue weighted by atomic mass is 19.2. The van der Waals surface area contributed by atoms with Gasteiger partial charge in [0.2, 0.25) is 0 Å². The normalized spacial score (nSPS) is 23.5. The molecular formula is C64H66F9NO12. The van der Waals surface area contributed by atoms with Crippen LogP contribution in [0.2, 0.25) is 0 Å². The number of fused-ring (bicyclic) bond motifs is 3. The fourth-order valence-corrected chi connectivity index (χ4v) is 11.4. The smallest absolute Gasteiger partial charge is 0.411 e. The quantitative estimate of drug-likeness (QED) is 0.0574. The Labute approximate surface area is 492 Å². The van der Waals surface area contributed by atoms with Crippen LogP contribution in [0, 0.1) is 96.6 Å². The fourth-order valence-electron chi connectivity index (χ4n) is 11.4. The number of nitriles is 1. The first-order valence-corrected chi connectivity index (χ1v) is 27.5. The van der Waals surface area contributed by atoms with Crippen LogP contribution in [0.5, 0.6) is 0 Å². The molecule has 0 spiro atoms. The third kappa shape index (κ3) is 15.9. The van der Waals surface area contributed by atoms with E-state index in [0.717, 1.165) is 29.9 Å². The molecule has 3 saturated heterocycles. The van der Waals surface area contributed by atoms with Gasteiger partial charge in [-0.2, -0.15) is 5.26 Å². The van der Waals surface area contributed by atoms with Crippen molar-refractivity contribution in [3.8, 4) is 6.07 Å². The van der Waals surface area contributed by atoms with Crippen molar-refractivity contribution in [3.05, 3.63) is 177 Å². The summed E-state index contributed by atoms with van der Waals surface area (Å²) in [7, 11) is 0. The van der Waals surface area contributed by atoms with Crippen LogP contribution in [0.3, 0.4) is 0 Å². The Hall–Kier alpha value is -7.61. The number of ether oxygens (including phenoxy) is 7. The van der Waals surface area contributed by atoms with Crippen LogP contribution in [0.1, 0.15) is 92.7 Å². The van der Waals surface area contributed by atoms with E-state index in [1.165, 1.54) is 51.1 Å². The molecule has 13 nitrogen and oxygen atoms in total. The molecule has 0 unspecified atom stereocenters. The molecule has 3 aliphatic carbocycles. The molecular weight excluding hydrogens is 1150 g/mol. The van der Waals surface area contributed by atoms with Crippen molar-refractivity contribution in [1.29, 1.82) is 5.26 Å². The molecule has 86 heavy (non-hydrogen) atoms. The summed E-state index contributed by atoms with van der Waals surface area (Å²) in [5, 5.41) is 7.77. The fraction of sp³-hybridized carbons (Fsp3) is 0.438. The number of ketones is 3. The lowest BCUT2D eigenvalue weighted by Crippen LogP contribution is -2.47. The van der Waals surface area contributed by atoms with Crippen LogP contribution in [0.25, 0.3) is 0 Å². The molecule has 9 rings (SSSR count). The first-order valence-electron chi connectivity index (χ1n) is 27.5. The van der Waals surface area contributed by atoms with Crippen LogP contribution >= 0.6 is 0 Å². The van der Waals surface area contributed by atoms with E-state index in [1.807, 2.05) is 13.8 Å². The maximum Gasteiger partial charge on any atom is 0.411 e. The van der Waals surface area contributed by atoms with Gasteiger partial charge in [0.25, 0.3) is 0 Å². The molecule has 462 valence electrons. The van der Waals surface area contributed by atoms with Crippen LogP contribution in [-0.4, -0.2) is 79.5 Å². The largest absolute Gasteiger partial charge is 0.469 e. The maximum atomic E-state index is 14.3. The lowest BCUT2D eigenvalue weighted by molar-refractivity contribution is -0.155. The van der Waals surface area contributed by atoms with E-state index in [2.05, 4.69) is 24.5 Å². The number of allylic oxidation sites excluding steroid dienone is 4. The van der Waals surface area contributed by atoms with Gasteiger partial charge in [-0.05, 0) is 158 Å². The standard InChI is InChI=1S/C21H21F3O5.C21H23F3O2.C17H18F2O3.C5H4FNO2/c1-11-4-17(24)14(6-16(11)23)5-12(2)21-8-15(20(26)27-9-13(3)22)18(25)7-19(21)28-10-29-21;1-12-6-19(24)15(9-18(12)23)7-13(2)21-11-16(8-14(3)22)20(25)10-17(21)4-5-26-21;1-10-5-15(19)12(7-14(10)18)6-11(2)17-4-3-13(20)8-16(17)21-9-22-17;1-4(6)3-9-5(8)2-7/h4,6-7,12,15H,3,5,8-10H2,1-2H3;6,9-10,13,16H,3-5,7-8,11H2,1-2H3;5,7-8,11H,3-4,6,9H2,1-2H3;1,3H2/t12-,15+,21+;13-,16-,21+;11-,17+;/m000./s1. The topological polar surface area (TPSA) is 174 Å². The SMILES string of the molecule is C=C(F)COC(=O)C#N.C=C(F)COC(=O)[C@@H]1C[C@]2([C@@H](C)Cc3cc(F)c(C)cc3F)OCOC2=CC1=O.C=C(F)C[C@H]1C[C@]2([C@@H](C)Cc3cc(F)c(C)cc3F)OCCC2=CC1=O.Cc1cc(F)c(C[C@H](C)[C@]23CCC(=O)C=C2OCO3)cc1F. The number of carbonyl (C=O) groups is 5. The number of esters is 2. The van der Waals surface area contributed by atoms with Crippen LogP contribution in [-0.2, 0) is 76.4 Å². The van der Waals surface area contributed by atoms with Gasteiger partial charge in [-0.15, -0.1) is 0 Å². The summed E-state index contributed by atoms with van der Waals surface area (Å²) in [6, 6.07) is 8.27. The van der Waals surface area contributed by atoms with Crippen molar-refractivity contribution in [2.24, 2.45) is 29.6 Å². The summed E-state index contributed by atoms with van der Waals surface area (Å²) in [6.45, 7) is 18.4. The second-order valence-corrected chi connectivity index (χ2v) is 22.1. The van der Waals surface area contributed by atoms with E-state index in [0.29, 0.717) is 50.0 Å². The highest BCUT2D eigenvalue weighted by Crippen LogP contribution is 2.49. The number of rotatable bonds is 16. The van der Waals surface area contributed by atoms with Crippen molar-refractivity contribution in [3.63, 3.8) is 0 Å². The van der Waals surface area contributed by atoms with Gasteiger partial charge in [0, 0.05) is 37.3 Å². The van der Waals surface area contributed by atoms with Gasteiger partial charge < -0.3 is 33.2 Å². The Morgan fingerprint density at radius 1 is 0.605 bits per heavy atom. The average Bonchev–Trinajstić information content (AvgIpc) is 1.80. The molecule has 8 atom stereocenters. The maximum absolute atomic E-state index is 14.3. The van der Waals surface area contributed by atoms with Crippen molar-refractivity contribution >= 4 is 29.3 Å². The number of benzene rings is 3. The molecule has 3 aromatic carbocycles. The molecule has 0 saturated carbocycles. The highest BCUT2D eigenvalue weighted by Gasteiger charge is 2.55. The monoisotopic (exact) mass is 1210 g/mol. The number of hydrogen-bond acceptors (Lipinski definition) is 13. The third-order valence-electron chi connectivity index (χ3n) is 16.1. The lowest BCUT2D eigenvalue weighted by atomic mass is 9.68. The van der Waals surface area contributed by atoms with E-state index in [-0.39, 0.29) is 96.2 Å². The Bertz CT molecular complexity index is 3320. The van der Waals surface area contributed by atoms with E-state index in [4.69, 9.17) is 33.7 Å². The predicted molar refractivity (Wildman–Crippen MR) is 292 cm³/mol. The summed E-state index contributed by atoms with van der Waals surface area (Å²) in [5.74, 6) is -9.41. The molecule has 0 amide bonds. The molecule has 0 N–H and O–H groups in total. The number of halogens is 9. The minimum absolute atomic E-state index is 0.0101. The van der Waals surface area contributed by atoms with Gasteiger partial charge in [-0.25, -0.2) is 44.3 Å². The molecule has 0 aromatic heterocycles. The highest BCUT2D eigenvalue weighted by molar-refractivity contribution is 6.06. The van der Waals surface area contributed by atoms with Gasteiger partial charge in [0.05, 0.1) is 18.0 Å². The van der Waals surface area contributed by atoms with E-state index >= 15 is 0 Å². The van der Waals surface area contributed by atoms with Crippen LogP contribution < -0.4 is 0 Å². The zero-order valence-electron chi connectivity index (χ0n) is 48.4. The number of hydrogen-bond donors (Lipinski definition) is 0. The Morgan fingerprint density at radius 2 is 1.07 bits per heavy atom. The van der Waals surface area contributed by atoms with Gasteiger partial charge >= 0.3 is 11.9 Å². The second-order valence-electron chi connectivity index (χ2n) is 22.1. The van der Waals surface area contributed by atoms with Gasteiger partial charge in [0.1, 0.15) is 88.4 Å². The molecule has 0 radical (unpaired) electrons. The number of aryl methyl sites for hydroxylation is 3. The zero-order chi connectivity index (χ0) is 63.6. The summed E-state index contributed by atoms with van der Waals surface area (Å²) >= 11 is 0. The molecule has 3 fully saturated rings. The Balaban J connectivity index is 0.000000194. The average molecular weight is 1210 g/mol. The van der Waals surface area contributed by atoms with E-state index in [9.17, 15) is 63.5 Å². The summed E-state index contributed by atoms with van der Waals surface area (Å²) in [6.07, 6.45) is 6.59. The van der Waals surface area contributed by atoms with Crippen molar-refractivity contribution in [2.45, 2.75) is 116 Å². The number of carbonyl (C=O) groups excluding carboxylic acids is 5. The second kappa shape index (κ2) is 28.7. The predicted octanol–water partition coefficient (Wildman–Crippen LogP) is 12.7. The first-order chi connectivity index (χ1) is 40.4. The van der Waals surface area contributed by atoms with E-state index in [1.54, 1.807) is 13.0 Å². The summed E-state index contributed by atoms with van der Waals surface area (Å²) < 4.78 is 159. The summed E-state index contributed by atoms with van der Waals surface area (Å²) in [4.78, 5) is 58.4. The molecule has 3 heterocycles. The first kappa shape index (κ1) is 67.5. The molecule has 3 aliphatic heterocycles. The minimum atomic E-state index is -1.22. The Morgan fingerprint density at radius 3 is 1.56 bits per heavy atom. The molecule has 6 aliphatic rings. The Kier molecular flexibility index (Phi) is 22.5.